The second-order valence-corrected chi connectivity index (χ2v) is 6.17. The Morgan fingerprint density at radius 1 is 1.20 bits per heavy atom. The number of H-pyrrole nitrogens is 1. The lowest BCUT2D eigenvalue weighted by molar-refractivity contribution is -0.123. The number of carbonyl (C=O) groups excluding carboxylic acids is 1. The lowest BCUT2D eigenvalue weighted by atomic mass is 10.0. The van der Waals surface area contributed by atoms with Crippen molar-refractivity contribution in [1.29, 1.82) is 0 Å². The van der Waals surface area contributed by atoms with Gasteiger partial charge in [-0.3, -0.25) is 4.79 Å². The van der Waals surface area contributed by atoms with E-state index in [1.54, 1.807) is 7.11 Å². The number of benzene rings is 2. The monoisotopic (exact) mass is 337 g/mol. The second kappa shape index (κ2) is 7.40. The van der Waals surface area contributed by atoms with Crippen LogP contribution in [0.1, 0.15) is 24.1 Å². The SMILES string of the molecule is COc1ccc(C(C)NC(=O)[C@@H](N)Cc2c[nH]c3ccccc23)cc1. The van der Waals surface area contributed by atoms with Crippen molar-refractivity contribution in [1.82, 2.24) is 10.3 Å². The number of para-hydroxylation sites is 1. The summed E-state index contributed by atoms with van der Waals surface area (Å²) in [5, 5.41) is 4.08. The van der Waals surface area contributed by atoms with E-state index >= 15 is 0 Å². The quantitative estimate of drug-likeness (QED) is 0.647. The molecule has 3 rings (SSSR count). The summed E-state index contributed by atoms with van der Waals surface area (Å²) in [7, 11) is 1.63. The summed E-state index contributed by atoms with van der Waals surface area (Å²) in [5.74, 6) is 0.631. The molecule has 0 aliphatic rings. The first-order valence-electron chi connectivity index (χ1n) is 8.33. The third-order valence-electron chi connectivity index (χ3n) is 4.43. The molecule has 4 N–H and O–H groups in total. The van der Waals surface area contributed by atoms with Gasteiger partial charge in [-0.1, -0.05) is 30.3 Å². The summed E-state index contributed by atoms with van der Waals surface area (Å²) in [5.41, 5.74) is 9.24. The van der Waals surface area contributed by atoms with Crippen LogP contribution in [-0.4, -0.2) is 24.0 Å². The van der Waals surface area contributed by atoms with Crippen LogP contribution in [0, 0.1) is 0 Å². The van der Waals surface area contributed by atoms with Gasteiger partial charge in [0.15, 0.2) is 0 Å². The van der Waals surface area contributed by atoms with Gasteiger partial charge in [-0.2, -0.15) is 0 Å². The summed E-state index contributed by atoms with van der Waals surface area (Å²) >= 11 is 0. The molecule has 0 fully saturated rings. The van der Waals surface area contributed by atoms with Crippen molar-refractivity contribution in [2.24, 2.45) is 5.73 Å². The molecule has 1 unspecified atom stereocenters. The van der Waals surface area contributed by atoms with E-state index in [2.05, 4.69) is 10.3 Å². The summed E-state index contributed by atoms with van der Waals surface area (Å²) in [6.07, 6.45) is 2.41. The van der Waals surface area contributed by atoms with Crippen LogP contribution in [0.25, 0.3) is 10.9 Å². The molecule has 2 aromatic carbocycles. The number of nitrogens with two attached hydrogens (primary N) is 1. The van der Waals surface area contributed by atoms with E-state index in [-0.39, 0.29) is 11.9 Å². The van der Waals surface area contributed by atoms with Crippen molar-refractivity contribution in [3.05, 3.63) is 65.9 Å². The molecule has 0 aliphatic carbocycles. The van der Waals surface area contributed by atoms with E-state index in [0.29, 0.717) is 6.42 Å². The number of hydrogen-bond acceptors (Lipinski definition) is 3. The zero-order valence-corrected chi connectivity index (χ0v) is 14.5. The van der Waals surface area contributed by atoms with Crippen LogP contribution in [0.4, 0.5) is 0 Å². The Bertz CT molecular complexity index is 855. The Labute approximate surface area is 147 Å². The van der Waals surface area contributed by atoms with Crippen LogP contribution in [0.5, 0.6) is 5.75 Å². The molecule has 0 bridgehead atoms. The molecule has 1 amide bonds. The molecule has 0 spiro atoms. The molecular formula is C20H23N3O2. The average Bonchev–Trinajstić information content (AvgIpc) is 3.04. The van der Waals surface area contributed by atoms with Crippen LogP contribution in [0.15, 0.2) is 54.7 Å². The van der Waals surface area contributed by atoms with E-state index in [1.807, 2.05) is 61.7 Å². The molecule has 0 saturated heterocycles. The molecule has 1 heterocycles. The Morgan fingerprint density at radius 2 is 1.92 bits per heavy atom. The molecule has 2 atom stereocenters. The highest BCUT2D eigenvalue weighted by molar-refractivity contribution is 5.86. The van der Waals surface area contributed by atoms with Gasteiger partial charge < -0.3 is 20.8 Å². The van der Waals surface area contributed by atoms with Gasteiger partial charge in [-0.25, -0.2) is 0 Å². The van der Waals surface area contributed by atoms with E-state index in [0.717, 1.165) is 27.8 Å². The fraction of sp³-hybridized carbons (Fsp3) is 0.250. The number of aromatic amines is 1. The maximum atomic E-state index is 12.4. The summed E-state index contributed by atoms with van der Waals surface area (Å²) < 4.78 is 5.15. The highest BCUT2D eigenvalue weighted by Gasteiger charge is 2.18. The largest absolute Gasteiger partial charge is 0.497 e. The van der Waals surface area contributed by atoms with Gasteiger partial charge in [0, 0.05) is 17.1 Å². The van der Waals surface area contributed by atoms with E-state index in [4.69, 9.17) is 10.5 Å². The minimum Gasteiger partial charge on any atom is -0.497 e. The number of hydrogen-bond donors (Lipinski definition) is 3. The van der Waals surface area contributed by atoms with Crippen molar-refractivity contribution >= 4 is 16.8 Å². The van der Waals surface area contributed by atoms with Gasteiger partial charge in [-0.05, 0) is 42.7 Å². The van der Waals surface area contributed by atoms with Crippen molar-refractivity contribution in [2.45, 2.75) is 25.4 Å². The predicted molar refractivity (Wildman–Crippen MR) is 99.5 cm³/mol. The molecule has 130 valence electrons. The van der Waals surface area contributed by atoms with E-state index in [1.165, 1.54) is 0 Å². The predicted octanol–water partition coefficient (Wildman–Crippen LogP) is 2.92. The van der Waals surface area contributed by atoms with Gasteiger partial charge >= 0.3 is 0 Å². The summed E-state index contributed by atoms with van der Waals surface area (Å²) in [4.78, 5) is 15.7. The minimum absolute atomic E-state index is 0.118. The number of amides is 1. The molecule has 0 radical (unpaired) electrons. The Morgan fingerprint density at radius 3 is 2.64 bits per heavy atom. The molecule has 0 aliphatic heterocycles. The molecule has 5 heteroatoms. The minimum atomic E-state index is -0.597. The Kier molecular flexibility index (Phi) is 5.05. The van der Waals surface area contributed by atoms with Crippen LogP contribution in [0.3, 0.4) is 0 Å². The van der Waals surface area contributed by atoms with Crippen molar-refractivity contribution < 1.29 is 9.53 Å². The first kappa shape index (κ1) is 17.0. The standard InChI is InChI=1S/C20H23N3O2/c1-13(14-7-9-16(25-2)10-8-14)23-20(24)18(21)11-15-12-22-19-6-4-3-5-17(15)19/h3-10,12-13,18,22H,11,21H2,1-2H3,(H,23,24)/t13?,18-/m0/s1. The van der Waals surface area contributed by atoms with Gasteiger partial charge in [0.05, 0.1) is 19.2 Å². The number of rotatable bonds is 6. The van der Waals surface area contributed by atoms with Gasteiger partial charge in [0.2, 0.25) is 5.91 Å². The molecule has 5 nitrogen and oxygen atoms in total. The second-order valence-electron chi connectivity index (χ2n) is 6.17. The molecular weight excluding hydrogens is 314 g/mol. The van der Waals surface area contributed by atoms with Gasteiger partial charge in [0.1, 0.15) is 5.75 Å². The van der Waals surface area contributed by atoms with E-state index < -0.39 is 6.04 Å². The van der Waals surface area contributed by atoms with Crippen LogP contribution >= 0.6 is 0 Å². The lowest BCUT2D eigenvalue weighted by Crippen LogP contribution is -2.42. The molecule has 1 aromatic heterocycles. The zero-order chi connectivity index (χ0) is 17.8. The average molecular weight is 337 g/mol. The fourth-order valence-electron chi connectivity index (χ4n) is 2.93. The molecule has 0 saturated carbocycles. The number of aromatic nitrogens is 1. The highest BCUT2D eigenvalue weighted by Crippen LogP contribution is 2.20. The molecule has 25 heavy (non-hydrogen) atoms. The highest BCUT2D eigenvalue weighted by atomic mass is 16.5. The Balaban J connectivity index is 1.63. The molecule has 3 aromatic rings. The maximum absolute atomic E-state index is 12.4. The number of fused-ring (bicyclic) bond motifs is 1. The van der Waals surface area contributed by atoms with Crippen LogP contribution < -0.4 is 15.8 Å². The first-order valence-corrected chi connectivity index (χ1v) is 8.33. The van der Waals surface area contributed by atoms with Crippen molar-refractivity contribution in [3.63, 3.8) is 0 Å². The van der Waals surface area contributed by atoms with Crippen molar-refractivity contribution in [2.75, 3.05) is 7.11 Å². The summed E-state index contributed by atoms with van der Waals surface area (Å²) in [6, 6.07) is 14.9. The third-order valence-corrected chi connectivity index (χ3v) is 4.43. The van der Waals surface area contributed by atoms with Crippen LogP contribution in [-0.2, 0) is 11.2 Å². The van der Waals surface area contributed by atoms with Crippen molar-refractivity contribution in [3.8, 4) is 5.75 Å². The fourth-order valence-corrected chi connectivity index (χ4v) is 2.93. The summed E-state index contributed by atoms with van der Waals surface area (Å²) in [6.45, 7) is 1.94. The lowest BCUT2D eigenvalue weighted by Gasteiger charge is -2.18. The number of carbonyl (C=O) groups is 1. The third kappa shape index (κ3) is 3.83. The smallest absolute Gasteiger partial charge is 0.237 e. The van der Waals surface area contributed by atoms with Gasteiger partial charge in [-0.15, -0.1) is 0 Å². The normalized spacial score (nSPS) is 13.4. The van der Waals surface area contributed by atoms with E-state index in [9.17, 15) is 4.79 Å². The van der Waals surface area contributed by atoms with Gasteiger partial charge in [0.25, 0.3) is 0 Å². The maximum Gasteiger partial charge on any atom is 0.237 e. The first-order chi connectivity index (χ1) is 12.1. The number of ether oxygens (including phenoxy) is 1. The number of nitrogens with one attached hydrogen (secondary N) is 2. The topological polar surface area (TPSA) is 80.1 Å². The Hall–Kier alpha value is -2.79. The van der Waals surface area contributed by atoms with Crippen LogP contribution in [0.2, 0.25) is 0 Å². The number of methoxy groups -OCH3 is 1. The zero-order valence-electron chi connectivity index (χ0n) is 14.5.